The van der Waals surface area contributed by atoms with Gasteiger partial charge in [-0.25, -0.2) is 4.98 Å². The van der Waals surface area contributed by atoms with Gasteiger partial charge in [0.15, 0.2) is 17.0 Å². The Bertz CT molecular complexity index is 884. The Morgan fingerprint density at radius 3 is 2.80 bits per heavy atom. The molecular formula is C16H18N6O3. The number of imidazole rings is 1. The maximum Gasteiger partial charge on any atom is 0.224 e. The lowest BCUT2D eigenvalue weighted by molar-refractivity contribution is -0.0432. The first kappa shape index (κ1) is 15.8. The fraction of sp³-hybridized carbons (Fsp3) is 0.312. The summed E-state index contributed by atoms with van der Waals surface area (Å²) in [5.74, 6) is 0.592. The van der Waals surface area contributed by atoms with E-state index >= 15 is 0 Å². The van der Waals surface area contributed by atoms with E-state index in [0.29, 0.717) is 23.4 Å². The molecule has 9 heteroatoms. The van der Waals surface area contributed by atoms with Crippen LogP contribution in [-0.2, 0) is 4.74 Å². The van der Waals surface area contributed by atoms with Crippen molar-refractivity contribution in [3.63, 3.8) is 0 Å². The zero-order chi connectivity index (χ0) is 17.4. The molecule has 0 unspecified atom stereocenters. The van der Waals surface area contributed by atoms with E-state index in [1.807, 2.05) is 30.3 Å². The highest BCUT2D eigenvalue weighted by Crippen LogP contribution is 2.32. The van der Waals surface area contributed by atoms with Gasteiger partial charge in [0.1, 0.15) is 12.3 Å². The molecule has 1 saturated heterocycles. The molecule has 0 saturated carbocycles. The molecule has 1 aliphatic rings. The van der Waals surface area contributed by atoms with Crippen molar-refractivity contribution >= 4 is 28.6 Å². The number of ether oxygens (including phenoxy) is 1. The Kier molecular flexibility index (Phi) is 3.96. The lowest BCUT2D eigenvalue weighted by Gasteiger charge is -2.14. The molecule has 25 heavy (non-hydrogen) atoms. The summed E-state index contributed by atoms with van der Waals surface area (Å²) in [6.07, 6.45) is 0.0712. The number of nitrogens with one attached hydrogen (secondary N) is 1. The van der Waals surface area contributed by atoms with Gasteiger partial charge in [-0.3, -0.25) is 4.57 Å². The normalized spacial score (nSPS) is 23.2. The number of aliphatic hydroxyl groups is 2. The first-order chi connectivity index (χ1) is 12.2. The van der Waals surface area contributed by atoms with Crippen molar-refractivity contribution in [2.75, 3.05) is 17.7 Å². The summed E-state index contributed by atoms with van der Waals surface area (Å²) in [6, 6.07) is 9.55. The molecule has 1 aromatic carbocycles. The van der Waals surface area contributed by atoms with Crippen molar-refractivity contribution in [3.05, 3.63) is 36.7 Å². The molecule has 3 atom stereocenters. The highest BCUT2D eigenvalue weighted by Gasteiger charge is 2.35. The summed E-state index contributed by atoms with van der Waals surface area (Å²) in [6.45, 7) is -0.248. The molecule has 0 bridgehead atoms. The Labute approximate surface area is 143 Å². The van der Waals surface area contributed by atoms with E-state index in [2.05, 4.69) is 20.3 Å². The van der Waals surface area contributed by atoms with Crippen LogP contribution in [0.3, 0.4) is 0 Å². The summed E-state index contributed by atoms with van der Waals surface area (Å²) in [7, 11) is 0. The lowest BCUT2D eigenvalue weighted by atomic mass is 10.2. The number of hydrogen-bond donors (Lipinski definition) is 4. The maximum atomic E-state index is 9.95. The zero-order valence-corrected chi connectivity index (χ0v) is 13.3. The summed E-state index contributed by atoms with van der Waals surface area (Å²) in [5, 5.41) is 22.4. The van der Waals surface area contributed by atoms with Gasteiger partial charge in [-0.2, -0.15) is 9.97 Å². The molecule has 130 valence electrons. The van der Waals surface area contributed by atoms with Gasteiger partial charge >= 0.3 is 0 Å². The molecule has 1 aliphatic heterocycles. The highest BCUT2D eigenvalue weighted by molar-refractivity contribution is 5.86. The van der Waals surface area contributed by atoms with Crippen molar-refractivity contribution in [1.29, 1.82) is 0 Å². The number of nitrogen functional groups attached to an aromatic ring is 1. The molecule has 9 nitrogen and oxygen atoms in total. The summed E-state index contributed by atoms with van der Waals surface area (Å²) in [4.78, 5) is 12.9. The van der Waals surface area contributed by atoms with Gasteiger partial charge in [0.2, 0.25) is 5.95 Å². The second kappa shape index (κ2) is 6.28. The number of anilines is 3. The van der Waals surface area contributed by atoms with E-state index in [0.717, 1.165) is 5.69 Å². The van der Waals surface area contributed by atoms with Gasteiger partial charge in [-0.15, -0.1) is 0 Å². The van der Waals surface area contributed by atoms with Crippen molar-refractivity contribution in [2.24, 2.45) is 0 Å². The molecule has 3 heterocycles. The molecular weight excluding hydrogens is 324 g/mol. The fourth-order valence-corrected chi connectivity index (χ4v) is 2.94. The molecule has 2 aromatic heterocycles. The third-order valence-electron chi connectivity index (χ3n) is 4.17. The monoisotopic (exact) mass is 342 g/mol. The van der Waals surface area contributed by atoms with Crippen LogP contribution in [0, 0.1) is 0 Å². The second-order valence-electron chi connectivity index (χ2n) is 5.86. The van der Waals surface area contributed by atoms with Crippen LogP contribution < -0.4 is 11.1 Å². The average molecular weight is 342 g/mol. The largest absolute Gasteiger partial charge is 0.394 e. The van der Waals surface area contributed by atoms with Gasteiger partial charge < -0.3 is 26.0 Å². The van der Waals surface area contributed by atoms with E-state index in [-0.39, 0.29) is 12.6 Å². The lowest BCUT2D eigenvalue weighted by Crippen LogP contribution is -2.24. The predicted molar refractivity (Wildman–Crippen MR) is 91.1 cm³/mol. The number of aromatic nitrogens is 4. The van der Waals surface area contributed by atoms with Gasteiger partial charge in [-0.05, 0) is 12.1 Å². The number of benzene rings is 1. The number of aliphatic hydroxyl groups excluding tert-OH is 2. The van der Waals surface area contributed by atoms with E-state index < -0.39 is 18.4 Å². The van der Waals surface area contributed by atoms with E-state index in [9.17, 15) is 10.2 Å². The van der Waals surface area contributed by atoms with E-state index in [1.165, 1.54) is 0 Å². The first-order valence-electron chi connectivity index (χ1n) is 7.92. The third-order valence-corrected chi connectivity index (χ3v) is 4.17. The average Bonchev–Trinajstić information content (AvgIpc) is 3.18. The van der Waals surface area contributed by atoms with Crippen LogP contribution in [0.25, 0.3) is 11.2 Å². The Balaban J connectivity index is 1.72. The molecule has 0 spiro atoms. The minimum Gasteiger partial charge on any atom is -0.394 e. The van der Waals surface area contributed by atoms with Crippen LogP contribution in [0.2, 0.25) is 0 Å². The van der Waals surface area contributed by atoms with Crippen LogP contribution in [0.4, 0.5) is 17.5 Å². The quantitative estimate of drug-likeness (QED) is 0.547. The number of hydrogen-bond acceptors (Lipinski definition) is 8. The molecule has 0 radical (unpaired) electrons. The second-order valence-corrected chi connectivity index (χ2v) is 5.86. The smallest absolute Gasteiger partial charge is 0.224 e. The standard InChI is InChI=1S/C16H18N6O3/c17-16-20-14(19-9-4-2-1-3-5-9)13-15(21-16)22(8-18-13)12-6-10(24)11(7-23)25-12/h1-5,8,10-12,23-24H,6-7H2,(H3,17,19,20,21)/t10-,11+,12+/m0/s1. The summed E-state index contributed by atoms with van der Waals surface area (Å²) >= 11 is 0. The van der Waals surface area contributed by atoms with Crippen LogP contribution >= 0.6 is 0 Å². The molecule has 3 aromatic rings. The summed E-state index contributed by atoms with van der Waals surface area (Å²) in [5.41, 5.74) is 7.75. The zero-order valence-electron chi connectivity index (χ0n) is 13.3. The van der Waals surface area contributed by atoms with Crippen molar-refractivity contribution in [3.8, 4) is 0 Å². The molecule has 1 fully saturated rings. The van der Waals surface area contributed by atoms with E-state index in [4.69, 9.17) is 10.5 Å². The van der Waals surface area contributed by atoms with Crippen LogP contribution in [0.1, 0.15) is 12.6 Å². The van der Waals surface area contributed by atoms with Gasteiger partial charge in [0.05, 0.1) is 19.0 Å². The molecule has 0 aliphatic carbocycles. The van der Waals surface area contributed by atoms with Crippen LogP contribution in [0.5, 0.6) is 0 Å². The Hall–Kier alpha value is -2.75. The SMILES string of the molecule is Nc1nc(Nc2ccccc2)c2ncn([C@H]3C[C@H](O)[C@@H](CO)O3)c2n1. The van der Waals surface area contributed by atoms with Crippen LogP contribution in [0.15, 0.2) is 36.7 Å². The molecule has 4 rings (SSSR count). The van der Waals surface area contributed by atoms with Gasteiger partial charge in [0, 0.05) is 12.1 Å². The maximum absolute atomic E-state index is 9.95. The Morgan fingerprint density at radius 1 is 1.28 bits per heavy atom. The number of fused-ring (bicyclic) bond motifs is 1. The number of nitrogens with zero attached hydrogens (tertiary/aromatic N) is 4. The summed E-state index contributed by atoms with van der Waals surface area (Å²) < 4.78 is 7.37. The van der Waals surface area contributed by atoms with Gasteiger partial charge in [-0.1, -0.05) is 18.2 Å². The first-order valence-corrected chi connectivity index (χ1v) is 7.92. The number of nitrogens with two attached hydrogens (primary N) is 1. The minimum absolute atomic E-state index is 0.102. The van der Waals surface area contributed by atoms with Crippen molar-refractivity contribution in [1.82, 2.24) is 19.5 Å². The predicted octanol–water partition coefficient (Wildman–Crippen LogP) is 0.793. The Morgan fingerprint density at radius 2 is 2.08 bits per heavy atom. The van der Waals surface area contributed by atoms with Gasteiger partial charge in [0.25, 0.3) is 0 Å². The minimum atomic E-state index is -0.742. The number of rotatable bonds is 4. The van der Waals surface area contributed by atoms with Crippen LogP contribution in [-0.4, -0.2) is 48.5 Å². The molecule has 0 amide bonds. The van der Waals surface area contributed by atoms with Crippen molar-refractivity contribution in [2.45, 2.75) is 24.9 Å². The number of para-hydroxylation sites is 1. The molecule has 5 N–H and O–H groups in total. The van der Waals surface area contributed by atoms with Crippen molar-refractivity contribution < 1.29 is 14.9 Å². The highest BCUT2D eigenvalue weighted by atomic mass is 16.5. The fourth-order valence-electron chi connectivity index (χ4n) is 2.94. The topological polar surface area (TPSA) is 131 Å². The third kappa shape index (κ3) is 2.88. The van der Waals surface area contributed by atoms with E-state index in [1.54, 1.807) is 10.9 Å².